The Hall–Kier alpha value is -1.92. The number of aliphatic hydroxyl groups excluding tert-OH is 2. The van der Waals surface area contributed by atoms with Gasteiger partial charge in [-0.2, -0.15) is 0 Å². The van der Waals surface area contributed by atoms with Crippen LogP contribution in [0.4, 0.5) is 0 Å². The minimum absolute atomic E-state index is 0.141. The fourth-order valence-electron chi connectivity index (χ4n) is 5.60. The molecule has 280 valence electrons. The molecule has 0 amide bonds. The summed E-state index contributed by atoms with van der Waals surface area (Å²) in [7, 11) is 0. The van der Waals surface area contributed by atoms with E-state index in [4.69, 9.17) is 9.47 Å². The van der Waals surface area contributed by atoms with Crippen molar-refractivity contribution in [3.8, 4) is 0 Å². The second-order valence-electron chi connectivity index (χ2n) is 13.8. The van der Waals surface area contributed by atoms with Gasteiger partial charge in [-0.1, -0.05) is 179 Å². The van der Waals surface area contributed by atoms with Gasteiger partial charge in [-0.05, 0) is 38.0 Å². The maximum absolute atomic E-state index is 12.0. The van der Waals surface area contributed by atoms with E-state index in [-0.39, 0.29) is 25.2 Å². The fourth-order valence-corrected chi connectivity index (χ4v) is 5.60. The molecule has 0 spiro atoms. The summed E-state index contributed by atoms with van der Waals surface area (Å²) in [5.74, 6) is 0.261. The Morgan fingerprint density at radius 1 is 0.562 bits per heavy atom. The van der Waals surface area contributed by atoms with Gasteiger partial charge in [0.1, 0.15) is 19.3 Å². The highest BCUT2D eigenvalue weighted by Crippen LogP contribution is 2.16. The second kappa shape index (κ2) is 36.4. The Morgan fingerprint density at radius 3 is 1.46 bits per heavy atom. The highest BCUT2D eigenvalue weighted by molar-refractivity contribution is 5.69. The van der Waals surface area contributed by atoms with Gasteiger partial charge in [-0.15, -0.1) is 0 Å². The van der Waals surface area contributed by atoms with E-state index in [1.54, 1.807) is 0 Å². The van der Waals surface area contributed by atoms with E-state index in [0.717, 1.165) is 76.5 Å². The summed E-state index contributed by atoms with van der Waals surface area (Å²) < 4.78 is 10.3. The standard InChI is InChI=1S/C42H76O6/c1-4-6-7-8-17-22-27-32-39(43)33-28-23-20-25-30-35-42(46)48-37-40(44)36-47-41(45)34-29-24-19-16-14-12-10-9-11-13-15-18-21-26-31-38(3)5-2/h6-7,17,22,27,32,38-40,43-44H,4-5,8-16,18-21,23-26,28-31,33-37H2,1-3H3/b7-6+,22-17+,32-27+/t38?,39?,40-/m1/s1. The van der Waals surface area contributed by atoms with Crippen LogP contribution in [0.3, 0.4) is 0 Å². The first-order chi connectivity index (χ1) is 23.4. The molecule has 0 aromatic carbocycles. The molecule has 0 bridgehead atoms. The van der Waals surface area contributed by atoms with Crippen LogP contribution in [0.1, 0.15) is 188 Å². The maximum atomic E-state index is 12.0. The first kappa shape index (κ1) is 46.1. The smallest absolute Gasteiger partial charge is 0.305 e. The Labute approximate surface area is 296 Å². The van der Waals surface area contributed by atoms with Crippen molar-refractivity contribution in [2.45, 2.75) is 200 Å². The summed E-state index contributed by atoms with van der Waals surface area (Å²) in [6.45, 7) is 6.48. The van der Waals surface area contributed by atoms with Gasteiger partial charge in [0.25, 0.3) is 0 Å². The van der Waals surface area contributed by atoms with E-state index >= 15 is 0 Å². The minimum Gasteiger partial charge on any atom is -0.463 e. The van der Waals surface area contributed by atoms with Crippen molar-refractivity contribution in [1.82, 2.24) is 0 Å². The van der Waals surface area contributed by atoms with Crippen molar-refractivity contribution in [3.63, 3.8) is 0 Å². The lowest BCUT2D eigenvalue weighted by atomic mass is 9.99. The SMILES string of the molecule is CC/C=C/C/C=C/C=C/C(O)CCCCCCCC(=O)OC[C@H](O)COC(=O)CCCCCCCCCCCCCCCCC(C)CC. The fraction of sp³-hybridized carbons (Fsp3) is 0.810. The number of hydrogen-bond donors (Lipinski definition) is 2. The average Bonchev–Trinajstić information content (AvgIpc) is 3.08. The molecule has 0 saturated heterocycles. The van der Waals surface area contributed by atoms with E-state index in [1.165, 1.54) is 83.5 Å². The van der Waals surface area contributed by atoms with E-state index in [9.17, 15) is 19.8 Å². The summed E-state index contributed by atoms with van der Waals surface area (Å²) in [5, 5.41) is 20.0. The van der Waals surface area contributed by atoms with Gasteiger partial charge in [0.2, 0.25) is 0 Å². The molecule has 0 saturated carbocycles. The van der Waals surface area contributed by atoms with Crippen molar-refractivity contribution >= 4 is 11.9 Å². The van der Waals surface area contributed by atoms with Gasteiger partial charge in [0.15, 0.2) is 0 Å². The third-order valence-corrected chi connectivity index (χ3v) is 9.03. The highest BCUT2D eigenvalue weighted by atomic mass is 16.6. The molecule has 48 heavy (non-hydrogen) atoms. The summed E-state index contributed by atoms with van der Waals surface area (Å²) in [6.07, 6.45) is 39.3. The third-order valence-electron chi connectivity index (χ3n) is 9.03. The molecular formula is C42H76O6. The molecule has 6 nitrogen and oxygen atoms in total. The molecule has 6 heteroatoms. The Morgan fingerprint density at radius 2 is 1.00 bits per heavy atom. The minimum atomic E-state index is -0.994. The quantitative estimate of drug-likeness (QED) is 0.0300. The normalized spacial score (nSPS) is 13.9. The van der Waals surface area contributed by atoms with E-state index in [2.05, 4.69) is 39.0 Å². The summed E-state index contributed by atoms with van der Waals surface area (Å²) in [5.41, 5.74) is 0. The number of hydrogen-bond acceptors (Lipinski definition) is 6. The van der Waals surface area contributed by atoms with Gasteiger partial charge < -0.3 is 19.7 Å². The lowest BCUT2D eigenvalue weighted by Crippen LogP contribution is -2.25. The molecule has 0 fully saturated rings. The molecule has 0 rings (SSSR count). The van der Waals surface area contributed by atoms with Crippen molar-refractivity contribution in [2.75, 3.05) is 13.2 Å². The van der Waals surface area contributed by atoms with E-state index < -0.39 is 12.2 Å². The van der Waals surface area contributed by atoms with Crippen molar-refractivity contribution < 1.29 is 29.3 Å². The zero-order valence-corrected chi connectivity index (χ0v) is 31.5. The third kappa shape index (κ3) is 35.4. The second-order valence-corrected chi connectivity index (χ2v) is 13.8. The topological polar surface area (TPSA) is 93.1 Å². The van der Waals surface area contributed by atoms with Gasteiger partial charge in [-0.3, -0.25) is 9.59 Å². The van der Waals surface area contributed by atoms with Gasteiger partial charge in [0, 0.05) is 12.8 Å². The number of unbranched alkanes of at least 4 members (excludes halogenated alkanes) is 17. The monoisotopic (exact) mass is 677 g/mol. The molecule has 2 N–H and O–H groups in total. The van der Waals surface area contributed by atoms with Crippen LogP contribution in [0.15, 0.2) is 36.5 Å². The number of allylic oxidation sites excluding steroid dienone is 5. The summed E-state index contributed by atoms with van der Waals surface area (Å²) in [4.78, 5) is 23.9. The summed E-state index contributed by atoms with van der Waals surface area (Å²) in [6, 6.07) is 0. The maximum Gasteiger partial charge on any atom is 0.305 e. The highest BCUT2D eigenvalue weighted by Gasteiger charge is 2.12. The predicted molar refractivity (Wildman–Crippen MR) is 202 cm³/mol. The van der Waals surface area contributed by atoms with Gasteiger partial charge in [0.05, 0.1) is 6.10 Å². The molecule has 3 atom stereocenters. The van der Waals surface area contributed by atoms with Crippen LogP contribution in [0.25, 0.3) is 0 Å². The Bertz CT molecular complexity index is 804. The molecule has 0 aromatic rings. The van der Waals surface area contributed by atoms with Crippen LogP contribution < -0.4 is 0 Å². The zero-order valence-electron chi connectivity index (χ0n) is 31.5. The molecule has 0 radical (unpaired) electrons. The number of rotatable bonds is 35. The largest absolute Gasteiger partial charge is 0.463 e. The van der Waals surface area contributed by atoms with E-state index in [1.807, 2.05) is 18.2 Å². The molecular weight excluding hydrogens is 600 g/mol. The van der Waals surface area contributed by atoms with Crippen molar-refractivity contribution in [3.05, 3.63) is 36.5 Å². The van der Waals surface area contributed by atoms with Gasteiger partial charge in [-0.25, -0.2) is 0 Å². The van der Waals surface area contributed by atoms with Crippen LogP contribution >= 0.6 is 0 Å². The lowest BCUT2D eigenvalue weighted by Gasteiger charge is -2.12. The van der Waals surface area contributed by atoms with Crippen LogP contribution in [0, 0.1) is 5.92 Å². The van der Waals surface area contributed by atoms with Crippen LogP contribution in [0.5, 0.6) is 0 Å². The van der Waals surface area contributed by atoms with Crippen LogP contribution in [-0.2, 0) is 19.1 Å². The molecule has 0 aliphatic carbocycles. The molecule has 0 aliphatic heterocycles. The zero-order chi connectivity index (χ0) is 35.3. The molecule has 2 unspecified atom stereocenters. The first-order valence-corrected chi connectivity index (χ1v) is 20.0. The predicted octanol–water partition coefficient (Wildman–Crippen LogP) is 11.3. The number of carbonyl (C=O) groups is 2. The van der Waals surface area contributed by atoms with Crippen LogP contribution in [-0.4, -0.2) is 47.6 Å². The van der Waals surface area contributed by atoms with E-state index in [0.29, 0.717) is 12.8 Å². The Kier molecular flexibility index (Phi) is 34.9. The van der Waals surface area contributed by atoms with Crippen molar-refractivity contribution in [1.29, 1.82) is 0 Å². The van der Waals surface area contributed by atoms with Crippen LogP contribution in [0.2, 0.25) is 0 Å². The molecule has 0 heterocycles. The summed E-state index contributed by atoms with van der Waals surface area (Å²) >= 11 is 0. The Balaban J connectivity index is 3.50. The first-order valence-electron chi connectivity index (χ1n) is 20.0. The molecule has 0 aromatic heterocycles. The van der Waals surface area contributed by atoms with Crippen molar-refractivity contribution in [2.24, 2.45) is 5.92 Å². The lowest BCUT2D eigenvalue weighted by molar-refractivity contribution is -0.152. The number of ether oxygens (including phenoxy) is 2. The average molecular weight is 677 g/mol. The number of esters is 2. The number of aliphatic hydroxyl groups is 2. The van der Waals surface area contributed by atoms with Gasteiger partial charge >= 0.3 is 11.9 Å². The number of carbonyl (C=O) groups excluding carboxylic acids is 2. The molecule has 0 aliphatic rings.